The lowest BCUT2D eigenvalue weighted by molar-refractivity contribution is -0.116. The number of nitrogens with one attached hydrogen (secondary N) is 2. The summed E-state index contributed by atoms with van der Waals surface area (Å²) in [4.78, 5) is 23.3. The van der Waals surface area contributed by atoms with Crippen LogP contribution >= 0.6 is 12.4 Å². The van der Waals surface area contributed by atoms with Crippen LogP contribution in [0.4, 0.5) is 5.82 Å². The van der Waals surface area contributed by atoms with Crippen LogP contribution in [-0.2, 0) is 11.2 Å². The van der Waals surface area contributed by atoms with E-state index in [0.29, 0.717) is 18.8 Å². The second-order valence-corrected chi connectivity index (χ2v) is 8.32. The minimum absolute atomic E-state index is 0. The van der Waals surface area contributed by atoms with Crippen LogP contribution < -0.4 is 15.4 Å². The molecule has 0 spiro atoms. The van der Waals surface area contributed by atoms with E-state index in [0.717, 1.165) is 61.1 Å². The molecule has 3 aromatic rings. The number of hydrogen-bond donors (Lipinski definition) is 2. The fraction of sp³-hybridized carbons (Fsp3) is 0.400. The molecule has 1 amide bonds. The number of carbonyl (C=O) groups is 1. The normalized spacial score (nSPS) is 14.1. The Morgan fingerprint density at radius 2 is 1.97 bits per heavy atom. The maximum absolute atomic E-state index is 12.4. The number of amides is 1. The number of ether oxygens (including phenoxy) is 1. The first-order valence-corrected chi connectivity index (χ1v) is 11.3. The summed E-state index contributed by atoms with van der Waals surface area (Å²) in [6.07, 6.45) is 7.17. The maximum atomic E-state index is 12.4. The van der Waals surface area contributed by atoms with Gasteiger partial charge in [-0.05, 0) is 74.8 Å². The zero-order chi connectivity index (χ0) is 22.2. The van der Waals surface area contributed by atoms with Crippen molar-refractivity contribution in [3.8, 4) is 5.75 Å². The predicted molar refractivity (Wildman–Crippen MR) is 134 cm³/mol. The third kappa shape index (κ3) is 7.67. The molecular weight excluding hydrogens is 438 g/mol. The molecule has 0 atom stereocenters. The largest absolute Gasteiger partial charge is 0.490 e. The van der Waals surface area contributed by atoms with Gasteiger partial charge in [0.25, 0.3) is 0 Å². The quantitative estimate of drug-likeness (QED) is 0.497. The van der Waals surface area contributed by atoms with Crippen LogP contribution in [0.1, 0.15) is 25.0 Å². The number of aromatic nitrogens is 2. The summed E-state index contributed by atoms with van der Waals surface area (Å²) in [5.41, 5.74) is 1.06. The molecule has 3 heterocycles. The van der Waals surface area contributed by atoms with Gasteiger partial charge < -0.3 is 20.3 Å². The summed E-state index contributed by atoms with van der Waals surface area (Å²) >= 11 is 0. The highest BCUT2D eigenvalue weighted by atomic mass is 35.5. The molecule has 0 radical (unpaired) electrons. The smallest absolute Gasteiger partial charge is 0.226 e. The highest BCUT2D eigenvalue weighted by Crippen LogP contribution is 2.24. The van der Waals surface area contributed by atoms with Gasteiger partial charge in [-0.2, -0.15) is 0 Å². The van der Waals surface area contributed by atoms with Crippen molar-refractivity contribution in [3.05, 3.63) is 60.6 Å². The first kappa shape index (κ1) is 24.9. The molecule has 0 bridgehead atoms. The van der Waals surface area contributed by atoms with Crippen LogP contribution in [0.3, 0.4) is 0 Å². The molecular formula is C25H32ClN5O2. The number of likely N-dealkylation sites (N-methyl/N-ethyl adjacent to an activating group) is 1. The van der Waals surface area contributed by atoms with Crippen LogP contribution in [0.2, 0.25) is 0 Å². The van der Waals surface area contributed by atoms with Crippen LogP contribution in [0.5, 0.6) is 5.75 Å². The number of benzene rings is 1. The number of fused-ring (bicyclic) bond motifs is 1. The van der Waals surface area contributed by atoms with Crippen LogP contribution in [0, 0.1) is 0 Å². The standard InChI is InChI=1S/C25H31N5O2.ClH/c1-30(14-9-21-4-2-3-11-27-21)15-10-25(31)29-24-17-20-16-23(6-5-19(20)18-28-24)32-22-7-12-26-13-8-22;/h2-6,11,16-18,22,26H,7-10,12-15H2,1H3,(H,28,29,31);1H. The Morgan fingerprint density at radius 3 is 2.76 bits per heavy atom. The summed E-state index contributed by atoms with van der Waals surface area (Å²) in [5.74, 6) is 1.39. The van der Waals surface area contributed by atoms with Crippen LogP contribution in [0.15, 0.2) is 54.9 Å². The minimum atomic E-state index is -0.0383. The van der Waals surface area contributed by atoms with Gasteiger partial charge in [0.05, 0.1) is 0 Å². The van der Waals surface area contributed by atoms with Crippen molar-refractivity contribution < 1.29 is 9.53 Å². The molecule has 1 saturated heterocycles. The monoisotopic (exact) mass is 469 g/mol. The Hall–Kier alpha value is -2.74. The molecule has 0 aliphatic carbocycles. The van der Waals surface area contributed by atoms with Crippen LogP contribution in [-0.4, -0.2) is 60.1 Å². The fourth-order valence-corrected chi connectivity index (χ4v) is 3.83. The van der Waals surface area contributed by atoms with Gasteiger partial charge in [-0.1, -0.05) is 6.07 Å². The van der Waals surface area contributed by atoms with Crippen LogP contribution in [0.25, 0.3) is 10.8 Å². The Labute approximate surface area is 201 Å². The highest BCUT2D eigenvalue weighted by Gasteiger charge is 2.14. The second-order valence-electron chi connectivity index (χ2n) is 8.32. The first-order valence-electron chi connectivity index (χ1n) is 11.3. The zero-order valence-corrected chi connectivity index (χ0v) is 19.8. The third-order valence-corrected chi connectivity index (χ3v) is 5.75. The number of halogens is 1. The van der Waals surface area contributed by atoms with E-state index in [1.807, 2.05) is 55.7 Å². The van der Waals surface area contributed by atoms with Gasteiger partial charge in [0.1, 0.15) is 17.7 Å². The number of anilines is 1. The summed E-state index contributed by atoms with van der Waals surface area (Å²) in [5, 5.41) is 8.31. The van der Waals surface area contributed by atoms with Gasteiger partial charge in [-0.15, -0.1) is 12.4 Å². The average molecular weight is 470 g/mol. The number of rotatable bonds is 9. The van der Waals surface area contributed by atoms with E-state index in [4.69, 9.17) is 4.74 Å². The van der Waals surface area contributed by atoms with E-state index < -0.39 is 0 Å². The fourth-order valence-electron chi connectivity index (χ4n) is 3.83. The summed E-state index contributed by atoms with van der Waals surface area (Å²) in [6.45, 7) is 3.53. The molecule has 0 saturated carbocycles. The Balaban J connectivity index is 0.00000306. The number of piperidine rings is 1. The summed E-state index contributed by atoms with van der Waals surface area (Å²) in [6, 6.07) is 13.9. The molecule has 2 aromatic heterocycles. The lowest BCUT2D eigenvalue weighted by atomic mass is 10.1. The molecule has 2 N–H and O–H groups in total. The SMILES string of the molecule is CN(CCC(=O)Nc1cc2cc(OC3CCNCC3)ccc2cn1)CCc1ccccn1.Cl. The van der Waals surface area contributed by atoms with Crippen molar-refractivity contribution in [2.24, 2.45) is 0 Å². The average Bonchev–Trinajstić information content (AvgIpc) is 2.82. The molecule has 1 aliphatic rings. The van der Waals surface area contributed by atoms with Crippen molar-refractivity contribution >= 4 is 34.9 Å². The molecule has 0 unspecified atom stereocenters. The number of pyridine rings is 2. The van der Waals surface area contributed by atoms with Gasteiger partial charge >= 0.3 is 0 Å². The van der Waals surface area contributed by atoms with Crippen molar-refractivity contribution in [3.63, 3.8) is 0 Å². The number of hydrogen-bond acceptors (Lipinski definition) is 6. The van der Waals surface area contributed by atoms with Crippen molar-refractivity contribution in [2.75, 3.05) is 38.5 Å². The Bertz CT molecular complexity index is 1030. The predicted octanol–water partition coefficient (Wildman–Crippen LogP) is 3.69. The summed E-state index contributed by atoms with van der Waals surface area (Å²) in [7, 11) is 2.02. The van der Waals surface area contributed by atoms with E-state index >= 15 is 0 Å². The molecule has 176 valence electrons. The van der Waals surface area contributed by atoms with Gasteiger partial charge in [-0.3, -0.25) is 9.78 Å². The summed E-state index contributed by atoms with van der Waals surface area (Å²) < 4.78 is 6.15. The molecule has 7 nitrogen and oxygen atoms in total. The molecule has 4 rings (SSSR count). The van der Waals surface area contributed by atoms with Gasteiger partial charge in [0, 0.05) is 49.4 Å². The minimum Gasteiger partial charge on any atom is -0.490 e. The van der Waals surface area contributed by atoms with Gasteiger partial charge in [-0.25, -0.2) is 4.98 Å². The van der Waals surface area contributed by atoms with E-state index in [1.165, 1.54) is 0 Å². The lowest BCUT2D eigenvalue weighted by Crippen LogP contribution is -2.34. The third-order valence-electron chi connectivity index (χ3n) is 5.75. The van der Waals surface area contributed by atoms with E-state index in [2.05, 4.69) is 25.5 Å². The van der Waals surface area contributed by atoms with Gasteiger partial charge in [0.15, 0.2) is 0 Å². The van der Waals surface area contributed by atoms with E-state index in [-0.39, 0.29) is 24.4 Å². The Kier molecular flexibility index (Phi) is 9.42. The Morgan fingerprint density at radius 1 is 1.12 bits per heavy atom. The van der Waals surface area contributed by atoms with Crippen molar-refractivity contribution in [1.29, 1.82) is 0 Å². The van der Waals surface area contributed by atoms with E-state index in [9.17, 15) is 4.79 Å². The van der Waals surface area contributed by atoms with Crippen molar-refractivity contribution in [1.82, 2.24) is 20.2 Å². The van der Waals surface area contributed by atoms with E-state index in [1.54, 1.807) is 6.20 Å². The highest BCUT2D eigenvalue weighted by molar-refractivity contribution is 5.93. The molecule has 8 heteroatoms. The lowest BCUT2D eigenvalue weighted by Gasteiger charge is -2.24. The number of nitrogens with zero attached hydrogens (tertiary/aromatic N) is 3. The molecule has 1 aliphatic heterocycles. The number of carbonyl (C=O) groups excluding carboxylic acids is 1. The van der Waals surface area contributed by atoms with Gasteiger partial charge in [0.2, 0.25) is 5.91 Å². The molecule has 1 aromatic carbocycles. The van der Waals surface area contributed by atoms with Crippen molar-refractivity contribution in [2.45, 2.75) is 31.8 Å². The second kappa shape index (κ2) is 12.5. The topological polar surface area (TPSA) is 79.4 Å². The molecule has 33 heavy (non-hydrogen) atoms. The maximum Gasteiger partial charge on any atom is 0.226 e. The molecule has 1 fully saturated rings. The zero-order valence-electron chi connectivity index (χ0n) is 19.0. The first-order chi connectivity index (χ1) is 15.7.